The molecule has 2 aliphatic heterocycles. The van der Waals surface area contributed by atoms with Crippen LogP contribution in [-0.4, -0.2) is 47.2 Å². The third-order valence-corrected chi connectivity index (χ3v) is 4.79. The van der Waals surface area contributed by atoms with Crippen molar-refractivity contribution in [2.75, 3.05) is 26.3 Å². The number of hydrogen-bond donors (Lipinski definition) is 0. The highest BCUT2D eigenvalue weighted by Crippen LogP contribution is 2.26. The molecule has 4 heteroatoms. The normalized spacial score (nSPS) is 22.3. The van der Waals surface area contributed by atoms with Crippen molar-refractivity contribution in [3.63, 3.8) is 0 Å². The highest BCUT2D eigenvalue weighted by molar-refractivity contribution is 5.63. The van der Waals surface area contributed by atoms with Crippen molar-refractivity contribution in [2.45, 2.75) is 25.3 Å². The molecule has 1 atom stereocenters. The van der Waals surface area contributed by atoms with E-state index in [-0.39, 0.29) is 0 Å². The number of rotatable bonds is 2. The van der Waals surface area contributed by atoms with Gasteiger partial charge >= 0.3 is 0 Å². The maximum atomic E-state index is 5.55. The Morgan fingerprint density at radius 3 is 2.73 bits per heavy atom. The second-order valence-corrected chi connectivity index (χ2v) is 6.07. The Bertz CT molecular complexity index is 638. The molecule has 0 spiro atoms. The summed E-state index contributed by atoms with van der Waals surface area (Å²) >= 11 is 0. The first-order chi connectivity index (χ1) is 10.9. The van der Waals surface area contributed by atoms with Gasteiger partial charge in [-0.3, -0.25) is 4.90 Å². The third-order valence-electron chi connectivity index (χ3n) is 4.79. The first kappa shape index (κ1) is 13.9. The van der Waals surface area contributed by atoms with Crippen molar-refractivity contribution in [2.24, 2.45) is 0 Å². The number of nitrogens with zero attached hydrogens (tertiary/aromatic N) is 3. The summed E-state index contributed by atoms with van der Waals surface area (Å²) < 4.78 is 5.55. The Morgan fingerprint density at radius 1 is 1.05 bits per heavy atom. The molecule has 0 saturated carbocycles. The molecular weight excluding hydrogens is 274 g/mol. The Hall–Kier alpha value is -1.78. The van der Waals surface area contributed by atoms with Gasteiger partial charge in [0.25, 0.3) is 0 Å². The fourth-order valence-electron chi connectivity index (χ4n) is 3.56. The SMILES string of the molecule is c1ccc(-c2ncnc3c2CCN([C@@H]2CCOC2)CC3)cc1. The number of aromatic nitrogens is 2. The molecule has 0 amide bonds. The van der Waals surface area contributed by atoms with Crippen LogP contribution in [0.5, 0.6) is 0 Å². The van der Waals surface area contributed by atoms with Crippen LogP contribution in [0.15, 0.2) is 36.7 Å². The minimum Gasteiger partial charge on any atom is -0.380 e. The van der Waals surface area contributed by atoms with Crippen molar-refractivity contribution in [3.05, 3.63) is 47.9 Å². The quantitative estimate of drug-likeness (QED) is 0.852. The fourth-order valence-corrected chi connectivity index (χ4v) is 3.56. The van der Waals surface area contributed by atoms with Crippen LogP contribution in [0, 0.1) is 0 Å². The lowest BCUT2D eigenvalue weighted by Crippen LogP contribution is -2.37. The second kappa shape index (κ2) is 6.15. The summed E-state index contributed by atoms with van der Waals surface area (Å²) in [6, 6.07) is 11.0. The van der Waals surface area contributed by atoms with E-state index in [4.69, 9.17) is 4.74 Å². The molecule has 0 unspecified atom stereocenters. The van der Waals surface area contributed by atoms with Crippen molar-refractivity contribution in [3.8, 4) is 11.3 Å². The molecule has 1 fully saturated rings. The summed E-state index contributed by atoms with van der Waals surface area (Å²) in [5.74, 6) is 0. The number of benzene rings is 1. The van der Waals surface area contributed by atoms with E-state index in [1.165, 1.54) is 16.8 Å². The van der Waals surface area contributed by atoms with E-state index in [9.17, 15) is 0 Å². The molecule has 4 nitrogen and oxygen atoms in total. The van der Waals surface area contributed by atoms with Crippen LogP contribution in [0.2, 0.25) is 0 Å². The minimum atomic E-state index is 0.586. The summed E-state index contributed by atoms with van der Waals surface area (Å²) in [4.78, 5) is 11.7. The van der Waals surface area contributed by atoms with Gasteiger partial charge < -0.3 is 4.74 Å². The largest absolute Gasteiger partial charge is 0.380 e. The van der Waals surface area contributed by atoms with Crippen LogP contribution >= 0.6 is 0 Å². The predicted molar refractivity (Wildman–Crippen MR) is 85.7 cm³/mol. The molecule has 0 N–H and O–H groups in total. The monoisotopic (exact) mass is 295 g/mol. The zero-order valence-corrected chi connectivity index (χ0v) is 12.7. The molecule has 22 heavy (non-hydrogen) atoms. The van der Waals surface area contributed by atoms with Gasteiger partial charge in [0.05, 0.1) is 12.3 Å². The van der Waals surface area contributed by atoms with Gasteiger partial charge in [-0.05, 0) is 12.8 Å². The zero-order valence-electron chi connectivity index (χ0n) is 12.7. The standard InChI is InChI=1S/C18H21N3O/c1-2-4-14(5-3-1)18-16-6-9-21(15-8-11-22-12-15)10-7-17(16)19-13-20-18/h1-5,13,15H,6-12H2/t15-/m1/s1. The lowest BCUT2D eigenvalue weighted by molar-refractivity contribution is 0.147. The van der Waals surface area contributed by atoms with E-state index >= 15 is 0 Å². The molecule has 1 aromatic heterocycles. The Kier molecular flexibility index (Phi) is 3.87. The molecule has 4 rings (SSSR count). The smallest absolute Gasteiger partial charge is 0.116 e. The Balaban J connectivity index is 1.62. The maximum Gasteiger partial charge on any atom is 0.116 e. The summed E-state index contributed by atoms with van der Waals surface area (Å²) in [6.07, 6.45) is 4.91. The molecule has 1 aromatic carbocycles. The fraction of sp³-hybridized carbons (Fsp3) is 0.444. The molecule has 0 aliphatic carbocycles. The number of ether oxygens (including phenoxy) is 1. The van der Waals surface area contributed by atoms with E-state index in [0.29, 0.717) is 6.04 Å². The van der Waals surface area contributed by atoms with Crippen molar-refractivity contribution in [1.29, 1.82) is 0 Å². The number of fused-ring (bicyclic) bond motifs is 1. The number of hydrogen-bond acceptors (Lipinski definition) is 4. The van der Waals surface area contributed by atoms with Crippen LogP contribution in [0.1, 0.15) is 17.7 Å². The third kappa shape index (κ3) is 2.64. The van der Waals surface area contributed by atoms with Gasteiger partial charge in [-0.2, -0.15) is 0 Å². The average molecular weight is 295 g/mol. The van der Waals surface area contributed by atoms with Gasteiger partial charge in [-0.25, -0.2) is 9.97 Å². The van der Waals surface area contributed by atoms with E-state index in [1.807, 2.05) is 6.07 Å². The van der Waals surface area contributed by atoms with Gasteiger partial charge in [0.15, 0.2) is 0 Å². The minimum absolute atomic E-state index is 0.586. The van der Waals surface area contributed by atoms with Gasteiger partial charge in [0.2, 0.25) is 0 Å². The van der Waals surface area contributed by atoms with Crippen LogP contribution < -0.4 is 0 Å². The van der Waals surface area contributed by atoms with Gasteiger partial charge in [0.1, 0.15) is 6.33 Å². The maximum absolute atomic E-state index is 5.55. The molecule has 1 saturated heterocycles. The topological polar surface area (TPSA) is 38.2 Å². The first-order valence-corrected chi connectivity index (χ1v) is 8.12. The Labute approximate surface area is 131 Å². The van der Waals surface area contributed by atoms with Crippen molar-refractivity contribution < 1.29 is 4.74 Å². The van der Waals surface area contributed by atoms with Gasteiger partial charge in [-0.15, -0.1) is 0 Å². The predicted octanol–water partition coefficient (Wildman–Crippen LogP) is 2.33. The van der Waals surface area contributed by atoms with E-state index in [1.54, 1.807) is 6.33 Å². The average Bonchev–Trinajstić information content (AvgIpc) is 3.02. The summed E-state index contributed by atoms with van der Waals surface area (Å²) in [7, 11) is 0. The van der Waals surface area contributed by atoms with Crippen molar-refractivity contribution in [1.82, 2.24) is 14.9 Å². The van der Waals surface area contributed by atoms with Gasteiger partial charge in [-0.1, -0.05) is 30.3 Å². The van der Waals surface area contributed by atoms with Crippen molar-refractivity contribution >= 4 is 0 Å². The molecule has 0 bridgehead atoms. The van der Waals surface area contributed by atoms with E-state index in [0.717, 1.165) is 51.3 Å². The zero-order chi connectivity index (χ0) is 14.8. The lowest BCUT2D eigenvalue weighted by Gasteiger charge is -2.25. The van der Waals surface area contributed by atoms with Crippen LogP contribution in [0.25, 0.3) is 11.3 Å². The van der Waals surface area contributed by atoms with Crippen LogP contribution in [0.3, 0.4) is 0 Å². The summed E-state index contributed by atoms with van der Waals surface area (Å²) in [5.41, 5.74) is 4.85. The lowest BCUT2D eigenvalue weighted by atomic mass is 10.0. The second-order valence-electron chi connectivity index (χ2n) is 6.07. The molecular formula is C18H21N3O. The molecule has 0 radical (unpaired) electrons. The molecule has 114 valence electrons. The van der Waals surface area contributed by atoms with E-state index in [2.05, 4.69) is 39.1 Å². The van der Waals surface area contributed by atoms with Gasteiger partial charge in [0, 0.05) is 49.0 Å². The van der Waals surface area contributed by atoms with Crippen LogP contribution in [-0.2, 0) is 17.6 Å². The van der Waals surface area contributed by atoms with E-state index < -0.39 is 0 Å². The highest BCUT2D eigenvalue weighted by atomic mass is 16.5. The Morgan fingerprint density at radius 2 is 1.91 bits per heavy atom. The summed E-state index contributed by atoms with van der Waals surface area (Å²) in [5, 5.41) is 0. The first-order valence-electron chi connectivity index (χ1n) is 8.12. The molecule has 2 aliphatic rings. The molecule has 3 heterocycles. The summed E-state index contributed by atoms with van der Waals surface area (Å²) in [6.45, 7) is 3.94. The van der Waals surface area contributed by atoms with Crippen LogP contribution in [0.4, 0.5) is 0 Å². The highest BCUT2D eigenvalue weighted by Gasteiger charge is 2.26. The molecule has 2 aromatic rings.